The van der Waals surface area contributed by atoms with Crippen LogP contribution in [-0.2, 0) is 11.3 Å². The van der Waals surface area contributed by atoms with Crippen molar-refractivity contribution in [1.29, 1.82) is 0 Å². The van der Waals surface area contributed by atoms with Gasteiger partial charge in [0.15, 0.2) is 0 Å². The molecule has 1 aliphatic rings. The molecule has 1 aromatic carbocycles. The van der Waals surface area contributed by atoms with E-state index in [4.69, 9.17) is 9.37 Å². The molecule has 1 fully saturated rings. The monoisotopic (exact) mass is 249 g/mol. The SMILES string of the molecule is O[C@@H]1COCCN(Cc2cccc3nonc23)C1. The lowest BCUT2D eigenvalue weighted by atomic mass is 10.1. The maximum absolute atomic E-state index is 9.70. The first-order valence-electron chi connectivity index (χ1n) is 6.01. The molecule has 18 heavy (non-hydrogen) atoms. The summed E-state index contributed by atoms with van der Waals surface area (Å²) in [5, 5.41) is 17.4. The summed E-state index contributed by atoms with van der Waals surface area (Å²) in [6, 6.07) is 5.81. The maximum Gasteiger partial charge on any atom is 0.139 e. The van der Waals surface area contributed by atoms with Crippen LogP contribution in [0.4, 0.5) is 0 Å². The molecule has 3 rings (SSSR count). The minimum absolute atomic E-state index is 0.409. The van der Waals surface area contributed by atoms with Gasteiger partial charge in [0.05, 0.1) is 19.3 Å². The van der Waals surface area contributed by atoms with Crippen molar-refractivity contribution in [3.63, 3.8) is 0 Å². The van der Waals surface area contributed by atoms with Crippen LogP contribution in [0.15, 0.2) is 22.8 Å². The predicted octanol–water partition coefficient (Wildman–Crippen LogP) is 0.416. The molecule has 1 aliphatic heterocycles. The Bertz CT molecular complexity index is 528. The number of aliphatic hydroxyl groups excluding tert-OH is 1. The molecule has 0 saturated carbocycles. The molecule has 0 spiro atoms. The summed E-state index contributed by atoms with van der Waals surface area (Å²) in [5.41, 5.74) is 2.61. The van der Waals surface area contributed by atoms with Gasteiger partial charge >= 0.3 is 0 Å². The average Bonchev–Trinajstić information content (AvgIpc) is 2.75. The number of fused-ring (bicyclic) bond motifs is 1. The van der Waals surface area contributed by atoms with Crippen LogP contribution in [0.5, 0.6) is 0 Å². The van der Waals surface area contributed by atoms with Crippen LogP contribution in [0.25, 0.3) is 11.0 Å². The molecule has 0 amide bonds. The molecule has 0 aliphatic carbocycles. The topological polar surface area (TPSA) is 71.6 Å². The molecule has 1 saturated heterocycles. The van der Waals surface area contributed by atoms with E-state index in [0.717, 1.165) is 23.1 Å². The molecule has 6 heteroatoms. The summed E-state index contributed by atoms with van der Waals surface area (Å²) < 4.78 is 10.1. The molecule has 2 aromatic rings. The molecule has 0 radical (unpaired) electrons. The Balaban J connectivity index is 1.80. The molecule has 1 aromatic heterocycles. The van der Waals surface area contributed by atoms with Crippen molar-refractivity contribution in [2.75, 3.05) is 26.3 Å². The van der Waals surface area contributed by atoms with Crippen LogP contribution in [0.1, 0.15) is 5.56 Å². The quantitative estimate of drug-likeness (QED) is 0.831. The van der Waals surface area contributed by atoms with Gasteiger partial charge in [-0.3, -0.25) is 4.90 Å². The minimum atomic E-state index is -0.429. The zero-order valence-electron chi connectivity index (χ0n) is 9.95. The average molecular weight is 249 g/mol. The summed E-state index contributed by atoms with van der Waals surface area (Å²) >= 11 is 0. The Morgan fingerprint density at radius 1 is 1.39 bits per heavy atom. The zero-order valence-corrected chi connectivity index (χ0v) is 9.95. The van der Waals surface area contributed by atoms with E-state index in [1.165, 1.54) is 0 Å². The Morgan fingerprint density at radius 3 is 3.28 bits per heavy atom. The van der Waals surface area contributed by atoms with Gasteiger partial charge in [0.25, 0.3) is 0 Å². The van der Waals surface area contributed by atoms with Gasteiger partial charge in [-0.2, -0.15) is 0 Å². The van der Waals surface area contributed by atoms with E-state index >= 15 is 0 Å². The van der Waals surface area contributed by atoms with Crippen LogP contribution >= 0.6 is 0 Å². The third-order valence-electron chi connectivity index (χ3n) is 3.09. The van der Waals surface area contributed by atoms with Crippen molar-refractivity contribution in [2.45, 2.75) is 12.6 Å². The number of ether oxygens (including phenoxy) is 1. The molecule has 6 nitrogen and oxygen atoms in total. The van der Waals surface area contributed by atoms with Crippen LogP contribution in [0.3, 0.4) is 0 Å². The second kappa shape index (κ2) is 5.01. The standard InChI is InChI=1S/C12H15N3O3/c16-10-7-15(4-5-17-8-10)6-9-2-1-3-11-12(9)14-18-13-11/h1-3,10,16H,4-8H2/t10-/m0/s1. The second-order valence-electron chi connectivity index (χ2n) is 4.51. The van der Waals surface area contributed by atoms with Gasteiger partial charge in [0.2, 0.25) is 0 Å². The van der Waals surface area contributed by atoms with Crippen LogP contribution in [-0.4, -0.2) is 52.7 Å². The van der Waals surface area contributed by atoms with Crippen molar-refractivity contribution in [2.24, 2.45) is 0 Å². The molecular weight excluding hydrogens is 234 g/mol. The fourth-order valence-electron chi connectivity index (χ4n) is 2.23. The molecule has 0 unspecified atom stereocenters. The van der Waals surface area contributed by atoms with Crippen molar-refractivity contribution in [1.82, 2.24) is 15.2 Å². The molecule has 0 bridgehead atoms. The molecule has 96 valence electrons. The normalized spacial score (nSPS) is 22.2. The van der Waals surface area contributed by atoms with Gasteiger partial charge in [-0.15, -0.1) is 0 Å². The van der Waals surface area contributed by atoms with Crippen molar-refractivity contribution < 1.29 is 14.5 Å². The second-order valence-corrected chi connectivity index (χ2v) is 4.51. The van der Waals surface area contributed by atoms with Crippen molar-refractivity contribution >= 4 is 11.0 Å². The van der Waals surface area contributed by atoms with E-state index in [1.807, 2.05) is 18.2 Å². The Kier molecular flexibility index (Phi) is 3.22. The Labute approximate surface area is 104 Å². The van der Waals surface area contributed by atoms with Crippen LogP contribution in [0.2, 0.25) is 0 Å². The summed E-state index contributed by atoms with van der Waals surface area (Å²) in [6.45, 7) is 3.18. The number of rotatable bonds is 2. The summed E-state index contributed by atoms with van der Waals surface area (Å²) in [4.78, 5) is 2.15. The number of aliphatic hydroxyl groups is 1. The third-order valence-corrected chi connectivity index (χ3v) is 3.09. The number of aromatic nitrogens is 2. The van der Waals surface area contributed by atoms with Gasteiger partial charge in [-0.05, 0) is 21.9 Å². The highest BCUT2D eigenvalue weighted by Crippen LogP contribution is 2.17. The van der Waals surface area contributed by atoms with Gasteiger partial charge in [-0.25, -0.2) is 4.63 Å². The molecule has 1 atom stereocenters. The van der Waals surface area contributed by atoms with Crippen LogP contribution in [0, 0.1) is 0 Å². The first-order chi connectivity index (χ1) is 8.83. The lowest BCUT2D eigenvalue weighted by Crippen LogP contribution is -2.32. The van der Waals surface area contributed by atoms with Gasteiger partial charge < -0.3 is 9.84 Å². The van der Waals surface area contributed by atoms with Crippen molar-refractivity contribution in [3.8, 4) is 0 Å². The van der Waals surface area contributed by atoms with E-state index in [0.29, 0.717) is 26.3 Å². The van der Waals surface area contributed by atoms with Gasteiger partial charge in [0.1, 0.15) is 11.0 Å². The summed E-state index contributed by atoms with van der Waals surface area (Å²) in [6.07, 6.45) is -0.429. The fourth-order valence-corrected chi connectivity index (χ4v) is 2.23. The molecule has 1 N–H and O–H groups in total. The first-order valence-corrected chi connectivity index (χ1v) is 6.01. The highest BCUT2D eigenvalue weighted by atomic mass is 16.6. The first kappa shape index (κ1) is 11.6. The fraction of sp³-hybridized carbons (Fsp3) is 0.500. The third kappa shape index (κ3) is 2.35. The zero-order chi connectivity index (χ0) is 12.4. The molecule has 2 heterocycles. The number of hydrogen-bond acceptors (Lipinski definition) is 6. The number of benzene rings is 1. The number of nitrogens with zero attached hydrogens (tertiary/aromatic N) is 3. The number of hydrogen-bond donors (Lipinski definition) is 1. The summed E-state index contributed by atoms with van der Waals surface area (Å²) in [7, 11) is 0. The van der Waals surface area contributed by atoms with E-state index < -0.39 is 6.10 Å². The highest BCUT2D eigenvalue weighted by molar-refractivity contribution is 5.76. The Hall–Kier alpha value is -1.50. The molecular formula is C12H15N3O3. The smallest absolute Gasteiger partial charge is 0.139 e. The Morgan fingerprint density at radius 2 is 2.33 bits per heavy atom. The van der Waals surface area contributed by atoms with Crippen molar-refractivity contribution in [3.05, 3.63) is 23.8 Å². The largest absolute Gasteiger partial charge is 0.389 e. The maximum atomic E-state index is 9.70. The summed E-state index contributed by atoms with van der Waals surface area (Å²) in [5.74, 6) is 0. The van der Waals surface area contributed by atoms with E-state index in [1.54, 1.807) is 0 Å². The predicted molar refractivity (Wildman–Crippen MR) is 63.9 cm³/mol. The van der Waals surface area contributed by atoms with Crippen LogP contribution < -0.4 is 0 Å². The van der Waals surface area contributed by atoms with Gasteiger partial charge in [0, 0.05) is 19.6 Å². The lowest BCUT2D eigenvalue weighted by Gasteiger charge is -2.20. The van der Waals surface area contributed by atoms with E-state index in [2.05, 4.69) is 15.2 Å². The number of β-amino-alcohol motifs (C(OH)–C–C–N with tert-alkyl or cyclic N) is 1. The lowest BCUT2D eigenvalue weighted by molar-refractivity contribution is 0.0562. The van der Waals surface area contributed by atoms with E-state index in [9.17, 15) is 5.11 Å². The minimum Gasteiger partial charge on any atom is -0.389 e. The highest BCUT2D eigenvalue weighted by Gasteiger charge is 2.18. The van der Waals surface area contributed by atoms with Gasteiger partial charge in [-0.1, -0.05) is 12.1 Å². The van der Waals surface area contributed by atoms with E-state index in [-0.39, 0.29) is 0 Å².